The van der Waals surface area contributed by atoms with Crippen LogP contribution in [0.4, 0.5) is 0 Å². The smallest absolute Gasteiger partial charge is 0.220 e. The fraction of sp³-hybridized carbons (Fsp3) is 0.947. The summed E-state index contributed by atoms with van der Waals surface area (Å²) in [6, 6.07) is 0. The Bertz CT molecular complexity index is 298. The van der Waals surface area contributed by atoms with Crippen molar-refractivity contribution in [1.29, 1.82) is 0 Å². The van der Waals surface area contributed by atoms with Gasteiger partial charge in [0.1, 0.15) is 0 Å². The van der Waals surface area contributed by atoms with Gasteiger partial charge in [-0.25, -0.2) is 0 Å². The highest BCUT2D eigenvalue weighted by Crippen LogP contribution is 2.12. The van der Waals surface area contributed by atoms with Crippen molar-refractivity contribution in [2.45, 2.75) is 72.3 Å². The molecule has 5 nitrogen and oxygen atoms in total. The summed E-state index contributed by atoms with van der Waals surface area (Å²) in [5, 5.41) is 15.9. The van der Waals surface area contributed by atoms with Gasteiger partial charge in [-0.05, 0) is 24.7 Å². The Morgan fingerprint density at radius 1 is 1.12 bits per heavy atom. The molecule has 0 radical (unpaired) electrons. The number of aliphatic hydroxyl groups is 1. The summed E-state index contributed by atoms with van der Waals surface area (Å²) in [6.45, 7) is 11.5. The van der Waals surface area contributed by atoms with Crippen LogP contribution in [-0.4, -0.2) is 50.0 Å². The van der Waals surface area contributed by atoms with Crippen molar-refractivity contribution in [3.8, 4) is 0 Å². The second kappa shape index (κ2) is 15.9. The van der Waals surface area contributed by atoms with Gasteiger partial charge in [-0.15, -0.1) is 0 Å². The minimum Gasteiger partial charge on any atom is -0.389 e. The number of unbranched alkanes of at least 4 members (excludes halogenated alkanes) is 1. The van der Waals surface area contributed by atoms with Crippen molar-refractivity contribution in [2.24, 2.45) is 11.8 Å². The van der Waals surface area contributed by atoms with Crippen molar-refractivity contribution in [3.63, 3.8) is 0 Å². The third-order valence-corrected chi connectivity index (χ3v) is 4.16. The van der Waals surface area contributed by atoms with E-state index < -0.39 is 6.10 Å². The lowest BCUT2D eigenvalue weighted by atomic mass is 10.0. The van der Waals surface area contributed by atoms with Gasteiger partial charge in [0.25, 0.3) is 0 Å². The fourth-order valence-corrected chi connectivity index (χ4v) is 2.39. The summed E-state index contributed by atoms with van der Waals surface area (Å²) < 4.78 is 5.64. The number of carbonyl (C=O) groups is 1. The molecule has 0 aliphatic carbocycles. The SMILES string of the molecule is CCCCC(CC)COCC(O)CNCCNC(=O)CCC(C)C. The molecule has 0 aliphatic rings. The topological polar surface area (TPSA) is 70.6 Å². The van der Waals surface area contributed by atoms with Gasteiger partial charge in [0.2, 0.25) is 5.91 Å². The third-order valence-electron chi connectivity index (χ3n) is 4.16. The first-order valence-electron chi connectivity index (χ1n) is 9.72. The Morgan fingerprint density at radius 2 is 1.88 bits per heavy atom. The van der Waals surface area contributed by atoms with E-state index in [0.717, 1.165) is 19.4 Å². The summed E-state index contributed by atoms with van der Waals surface area (Å²) in [4.78, 5) is 11.5. The minimum atomic E-state index is -0.495. The van der Waals surface area contributed by atoms with Gasteiger partial charge >= 0.3 is 0 Å². The Hall–Kier alpha value is -0.650. The number of amides is 1. The quantitative estimate of drug-likeness (QED) is 0.377. The van der Waals surface area contributed by atoms with Crippen LogP contribution in [0.15, 0.2) is 0 Å². The zero-order valence-corrected chi connectivity index (χ0v) is 16.3. The molecule has 3 N–H and O–H groups in total. The molecule has 5 heteroatoms. The summed E-state index contributed by atoms with van der Waals surface area (Å²) >= 11 is 0. The van der Waals surface area contributed by atoms with E-state index in [2.05, 4.69) is 38.3 Å². The second-order valence-electron chi connectivity index (χ2n) is 7.09. The molecule has 0 saturated heterocycles. The van der Waals surface area contributed by atoms with E-state index >= 15 is 0 Å². The van der Waals surface area contributed by atoms with Crippen molar-refractivity contribution >= 4 is 5.91 Å². The Kier molecular flexibility index (Phi) is 15.4. The summed E-state index contributed by atoms with van der Waals surface area (Å²) in [5.74, 6) is 1.26. The molecular formula is C19H40N2O3. The van der Waals surface area contributed by atoms with Gasteiger partial charge in [-0.1, -0.05) is 47.0 Å². The number of hydrogen-bond acceptors (Lipinski definition) is 4. The maximum absolute atomic E-state index is 11.5. The van der Waals surface area contributed by atoms with E-state index in [0.29, 0.717) is 44.5 Å². The van der Waals surface area contributed by atoms with Gasteiger partial charge in [-0.2, -0.15) is 0 Å². The van der Waals surface area contributed by atoms with Gasteiger partial charge < -0.3 is 20.5 Å². The number of rotatable bonds is 16. The van der Waals surface area contributed by atoms with E-state index in [1.807, 2.05) is 0 Å². The predicted octanol–water partition coefficient (Wildman–Crippen LogP) is 2.72. The van der Waals surface area contributed by atoms with Crippen molar-refractivity contribution < 1.29 is 14.6 Å². The van der Waals surface area contributed by atoms with Gasteiger partial charge in [0.05, 0.1) is 12.7 Å². The van der Waals surface area contributed by atoms with E-state index in [4.69, 9.17) is 4.74 Å². The molecule has 0 fully saturated rings. The van der Waals surface area contributed by atoms with Crippen LogP contribution in [0.2, 0.25) is 0 Å². The number of ether oxygens (including phenoxy) is 1. The molecular weight excluding hydrogens is 304 g/mol. The third kappa shape index (κ3) is 14.9. The highest BCUT2D eigenvalue weighted by molar-refractivity contribution is 5.75. The average Bonchev–Trinajstić information content (AvgIpc) is 2.55. The molecule has 0 heterocycles. The lowest BCUT2D eigenvalue weighted by Crippen LogP contribution is -2.36. The van der Waals surface area contributed by atoms with Crippen LogP contribution in [0.5, 0.6) is 0 Å². The van der Waals surface area contributed by atoms with Crippen LogP contribution < -0.4 is 10.6 Å². The molecule has 24 heavy (non-hydrogen) atoms. The molecule has 0 aliphatic heterocycles. The highest BCUT2D eigenvalue weighted by Gasteiger charge is 2.09. The van der Waals surface area contributed by atoms with Gasteiger partial charge in [-0.3, -0.25) is 4.79 Å². The van der Waals surface area contributed by atoms with E-state index in [1.165, 1.54) is 19.3 Å². The monoisotopic (exact) mass is 344 g/mol. The first-order chi connectivity index (χ1) is 11.5. The van der Waals surface area contributed by atoms with E-state index in [-0.39, 0.29) is 5.91 Å². The lowest BCUT2D eigenvalue weighted by molar-refractivity contribution is -0.121. The second-order valence-corrected chi connectivity index (χ2v) is 7.09. The summed E-state index contributed by atoms with van der Waals surface area (Å²) in [5.41, 5.74) is 0. The molecule has 0 aromatic heterocycles. The van der Waals surface area contributed by atoms with E-state index in [9.17, 15) is 9.90 Å². The number of hydrogen-bond donors (Lipinski definition) is 3. The molecule has 0 aromatic rings. The van der Waals surface area contributed by atoms with Crippen LogP contribution in [0.1, 0.15) is 66.2 Å². The maximum Gasteiger partial charge on any atom is 0.220 e. The predicted molar refractivity (Wildman–Crippen MR) is 100 cm³/mol. The fourth-order valence-electron chi connectivity index (χ4n) is 2.39. The molecule has 2 atom stereocenters. The Morgan fingerprint density at radius 3 is 2.50 bits per heavy atom. The Balaban J connectivity index is 3.52. The van der Waals surface area contributed by atoms with Gasteiger partial charge in [0, 0.05) is 32.7 Å². The average molecular weight is 345 g/mol. The maximum atomic E-state index is 11.5. The van der Waals surface area contributed by atoms with Crippen LogP contribution in [0.25, 0.3) is 0 Å². The zero-order valence-electron chi connectivity index (χ0n) is 16.3. The molecule has 0 aromatic carbocycles. The van der Waals surface area contributed by atoms with E-state index in [1.54, 1.807) is 0 Å². The molecule has 0 saturated carbocycles. The number of aliphatic hydroxyl groups excluding tert-OH is 1. The van der Waals surface area contributed by atoms with Crippen LogP contribution in [0, 0.1) is 11.8 Å². The molecule has 1 amide bonds. The molecule has 0 bridgehead atoms. The van der Waals surface area contributed by atoms with Crippen LogP contribution in [-0.2, 0) is 9.53 Å². The van der Waals surface area contributed by atoms with Gasteiger partial charge in [0.15, 0.2) is 0 Å². The summed E-state index contributed by atoms with van der Waals surface area (Å²) in [6.07, 6.45) is 5.82. The Labute approximate surface area is 148 Å². The highest BCUT2D eigenvalue weighted by atomic mass is 16.5. The minimum absolute atomic E-state index is 0.104. The standard InChI is InChI=1S/C19H40N2O3/c1-5-7-8-17(6-2)14-24-15-18(22)13-20-11-12-21-19(23)10-9-16(3)4/h16-18,20,22H,5-15H2,1-4H3,(H,21,23). The molecule has 0 rings (SSSR count). The number of nitrogens with one attached hydrogen (secondary N) is 2. The zero-order chi connectivity index (χ0) is 18.2. The molecule has 144 valence electrons. The van der Waals surface area contributed by atoms with Crippen LogP contribution >= 0.6 is 0 Å². The normalized spacial score (nSPS) is 13.9. The summed E-state index contributed by atoms with van der Waals surface area (Å²) in [7, 11) is 0. The van der Waals surface area contributed by atoms with Crippen molar-refractivity contribution in [2.75, 3.05) is 32.8 Å². The van der Waals surface area contributed by atoms with Crippen molar-refractivity contribution in [1.82, 2.24) is 10.6 Å². The first kappa shape index (κ1) is 23.4. The first-order valence-corrected chi connectivity index (χ1v) is 9.72. The number of carbonyl (C=O) groups excluding carboxylic acids is 1. The van der Waals surface area contributed by atoms with Crippen molar-refractivity contribution in [3.05, 3.63) is 0 Å². The molecule has 2 unspecified atom stereocenters. The lowest BCUT2D eigenvalue weighted by Gasteiger charge is -2.17. The molecule has 0 spiro atoms. The largest absolute Gasteiger partial charge is 0.389 e. The van der Waals surface area contributed by atoms with Crippen LogP contribution in [0.3, 0.4) is 0 Å².